The van der Waals surface area contributed by atoms with Gasteiger partial charge < -0.3 is 9.73 Å². The lowest BCUT2D eigenvalue weighted by Crippen LogP contribution is -2.19. The van der Waals surface area contributed by atoms with E-state index < -0.39 is 0 Å². The predicted molar refractivity (Wildman–Crippen MR) is 93.1 cm³/mol. The molecule has 0 atom stereocenters. The maximum absolute atomic E-state index is 12.0. The maximum atomic E-state index is 12.0. The van der Waals surface area contributed by atoms with Crippen LogP contribution in [0.3, 0.4) is 0 Å². The molecule has 3 rings (SSSR count). The maximum Gasteiger partial charge on any atom is 0.264 e. The average molecular weight is 377 g/mol. The molecule has 112 valence electrons. The highest BCUT2D eigenvalue weighted by atomic mass is 79.9. The molecule has 4 nitrogen and oxygen atoms in total. The number of halogens is 1. The summed E-state index contributed by atoms with van der Waals surface area (Å²) in [5, 5.41) is 3.36. The van der Waals surface area contributed by atoms with Crippen molar-refractivity contribution in [3.63, 3.8) is 0 Å². The Labute approximate surface area is 140 Å². The van der Waals surface area contributed by atoms with Crippen molar-refractivity contribution in [2.45, 2.75) is 13.8 Å². The summed E-state index contributed by atoms with van der Waals surface area (Å²) in [4.78, 5) is 17.1. The Kier molecular flexibility index (Phi) is 4.22. The second-order valence-electron chi connectivity index (χ2n) is 4.84. The first-order chi connectivity index (χ1) is 10.5. The van der Waals surface area contributed by atoms with Gasteiger partial charge in [0.25, 0.3) is 5.91 Å². The smallest absolute Gasteiger partial charge is 0.264 e. The van der Waals surface area contributed by atoms with E-state index in [9.17, 15) is 4.79 Å². The summed E-state index contributed by atoms with van der Waals surface area (Å²) in [6, 6.07) is 9.52. The zero-order chi connectivity index (χ0) is 15.7. The number of aliphatic imine (C=N–C) groups is 1. The van der Waals surface area contributed by atoms with Crippen molar-refractivity contribution in [2.75, 3.05) is 0 Å². The number of benzene rings is 1. The minimum atomic E-state index is -0.165. The van der Waals surface area contributed by atoms with Gasteiger partial charge in [0.2, 0.25) is 0 Å². The van der Waals surface area contributed by atoms with Crippen molar-refractivity contribution >= 4 is 50.5 Å². The molecule has 1 aliphatic heterocycles. The largest absolute Gasteiger partial charge is 0.450 e. The van der Waals surface area contributed by atoms with Crippen molar-refractivity contribution in [3.8, 4) is 0 Å². The van der Waals surface area contributed by atoms with Crippen LogP contribution in [-0.2, 0) is 4.79 Å². The van der Waals surface area contributed by atoms with Gasteiger partial charge in [-0.3, -0.25) is 4.79 Å². The van der Waals surface area contributed by atoms with Crippen LogP contribution in [0, 0.1) is 13.8 Å². The Morgan fingerprint density at radius 2 is 2.09 bits per heavy atom. The Morgan fingerprint density at radius 3 is 2.82 bits per heavy atom. The van der Waals surface area contributed by atoms with Crippen LogP contribution < -0.4 is 5.32 Å². The highest BCUT2D eigenvalue weighted by Gasteiger charge is 2.24. The average Bonchev–Trinajstić information content (AvgIpc) is 3.02. The summed E-state index contributed by atoms with van der Waals surface area (Å²) in [6.45, 7) is 4.06. The van der Waals surface area contributed by atoms with E-state index in [2.05, 4.69) is 26.2 Å². The third kappa shape index (κ3) is 3.18. The van der Waals surface area contributed by atoms with Crippen LogP contribution >= 0.6 is 27.7 Å². The van der Waals surface area contributed by atoms with Gasteiger partial charge in [0.1, 0.15) is 5.76 Å². The SMILES string of the molecule is Cc1cccc(N=C2NC(=O)/C(=C/c3ccc(Br)o3)S2)c1C. The number of carbonyl (C=O) groups excluding carboxylic acids is 1. The first-order valence-electron chi connectivity index (χ1n) is 6.64. The van der Waals surface area contributed by atoms with Gasteiger partial charge in [-0.1, -0.05) is 12.1 Å². The van der Waals surface area contributed by atoms with Crippen molar-refractivity contribution in [2.24, 2.45) is 4.99 Å². The number of nitrogens with one attached hydrogen (secondary N) is 1. The number of amidine groups is 1. The van der Waals surface area contributed by atoms with Crippen molar-refractivity contribution in [1.82, 2.24) is 5.32 Å². The van der Waals surface area contributed by atoms with E-state index in [4.69, 9.17) is 4.42 Å². The van der Waals surface area contributed by atoms with Crippen LogP contribution in [0.2, 0.25) is 0 Å². The fourth-order valence-corrected chi connectivity index (χ4v) is 3.12. The number of furan rings is 1. The van der Waals surface area contributed by atoms with Crippen molar-refractivity contribution in [3.05, 3.63) is 56.8 Å². The van der Waals surface area contributed by atoms with Gasteiger partial charge >= 0.3 is 0 Å². The fourth-order valence-electron chi connectivity index (χ4n) is 1.98. The van der Waals surface area contributed by atoms with Crippen LogP contribution in [0.25, 0.3) is 6.08 Å². The topological polar surface area (TPSA) is 54.6 Å². The zero-order valence-electron chi connectivity index (χ0n) is 12.0. The molecule has 0 bridgehead atoms. The van der Waals surface area contributed by atoms with Gasteiger partial charge in [-0.2, -0.15) is 0 Å². The third-order valence-corrected chi connectivity index (χ3v) is 4.65. The Hall–Kier alpha value is -1.79. The number of thioether (sulfide) groups is 1. The Balaban J connectivity index is 1.87. The standard InChI is InChI=1S/C16H13BrN2O2S/c1-9-4-3-5-12(10(9)2)18-16-19-15(20)13(22-16)8-11-6-7-14(17)21-11/h3-8H,1-2H3,(H,18,19,20)/b13-8-. The van der Waals surface area contributed by atoms with Crippen LogP contribution in [0.15, 0.2) is 49.3 Å². The van der Waals surface area contributed by atoms with Crippen LogP contribution in [0.4, 0.5) is 5.69 Å². The Morgan fingerprint density at radius 1 is 1.27 bits per heavy atom. The molecule has 6 heteroatoms. The number of carbonyl (C=O) groups is 1. The Bertz CT molecular complexity index is 808. The van der Waals surface area contributed by atoms with Gasteiger partial charge in [0, 0.05) is 6.08 Å². The first-order valence-corrected chi connectivity index (χ1v) is 8.25. The molecule has 0 spiro atoms. The molecule has 22 heavy (non-hydrogen) atoms. The molecule has 1 aromatic carbocycles. The van der Waals surface area contributed by atoms with Crippen molar-refractivity contribution < 1.29 is 9.21 Å². The third-order valence-electron chi connectivity index (χ3n) is 3.32. The van der Waals surface area contributed by atoms with Crippen LogP contribution in [0.5, 0.6) is 0 Å². The summed E-state index contributed by atoms with van der Waals surface area (Å²) >= 11 is 4.55. The zero-order valence-corrected chi connectivity index (χ0v) is 14.4. The summed E-state index contributed by atoms with van der Waals surface area (Å²) in [5.74, 6) is 0.457. The number of aryl methyl sites for hydroxylation is 1. The number of hydrogen-bond donors (Lipinski definition) is 1. The molecule has 1 fully saturated rings. The van der Waals surface area contributed by atoms with E-state index in [1.54, 1.807) is 18.2 Å². The first kappa shape index (κ1) is 15.1. The number of rotatable bonds is 2. The fraction of sp³-hybridized carbons (Fsp3) is 0.125. The molecule has 1 amide bonds. The van der Waals surface area contributed by atoms with Crippen LogP contribution in [-0.4, -0.2) is 11.1 Å². The van der Waals surface area contributed by atoms with E-state index in [0.29, 0.717) is 20.5 Å². The number of hydrogen-bond acceptors (Lipinski definition) is 4. The lowest BCUT2D eigenvalue weighted by molar-refractivity contribution is -0.115. The lowest BCUT2D eigenvalue weighted by atomic mass is 10.1. The predicted octanol–water partition coefficient (Wildman–Crippen LogP) is 4.55. The lowest BCUT2D eigenvalue weighted by Gasteiger charge is -2.04. The summed E-state index contributed by atoms with van der Waals surface area (Å²) in [5.41, 5.74) is 3.15. The number of amides is 1. The second kappa shape index (κ2) is 6.14. The second-order valence-corrected chi connectivity index (χ2v) is 6.65. The molecule has 0 radical (unpaired) electrons. The van der Waals surface area contributed by atoms with Gasteiger partial charge in [0.15, 0.2) is 9.84 Å². The summed E-state index contributed by atoms with van der Waals surface area (Å²) < 4.78 is 6.02. The molecule has 2 heterocycles. The van der Waals surface area contributed by atoms with E-state index in [-0.39, 0.29) is 5.91 Å². The van der Waals surface area contributed by atoms with Crippen LogP contribution in [0.1, 0.15) is 16.9 Å². The van der Waals surface area contributed by atoms with Crippen molar-refractivity contribution in [1.29, 1.82) is 0 Å². The van der Waals surface area contributed by atoms with E-state index >= 15 is 0 Å². The number of nitrogens with zero attached hydrogens (tertiary/aromatic N) is 1. The quantitative estimate of drug-likeness (QED) is 0.782. The van der Waals surface area contributed by atoms with Gasteiger partial charge in [-0.25, -0.2) is 4.99 Å². The molecular formula is C16H13BrN2O2S. The minimum Gasteiger partial charge on any atom is -0.450 e. The molecule has 0 aliphatic carbocycles. The highest BCUT2D eigenvalue weighted by molar-refractivity contribution is 9.10. The summed E-state index contributed by atoms with van der Waals surface area (Å²) in [7, 11) is 0. The monoisotopic (exact) mass is 376 g/mol. The van der Waals surface area contributed by atoms with E-state index in [1.165, 1.54) is 17.3 Å². The molecule has 1 N–H and O–H groups in total. The summed E-state index contributed by atoms with van der Waals surface area (Å²) in [6.07, 6.45) is 1.70. The molecule has 0 saturated carbocycles. The van der Waals surface area contributed by atoms with Gasteiger partial charge in [0.05, 0.1) is 10.6 Å². The minimum absolute atomic E-state index is 0.165. The molecular weight excluding hydrogens is 364 g/mol. The van der Waals surface area contributed by atoms with E-state index in [0.717, 1.165) is 11.3 Å². The molecule has 2 aromatic rings. The molecule has 1 aromatic heterocycles. The normalized spacial score (nSPS) is 18.2. The molecule has 1 aliphatic rings. The molecule has 0 unspecified atom stereocenters. The highest BCUT2D eigenvalue weighted by Crippen LogP contribution is 2.30. The van der Waals surface area contributed by atoms with Gasteiger partial charge in [-0.15, -0.1) is 0 Å². The molecule has 1 saturated heterocycles. The van der Waals surface area contributed by atoms with E-state index in [1.807, 2.05) is 32.0 Å². The van der Waals surface area contributed by atoms with Gasteiger partial charge in [-0.05, 0) is 70.9 Å².